The lowest BCUT2D eigenvalue weighted by Crippen LogP contribution is -2.40. The highest BCUT2D eigenvalue weighted by molar-refractivity contribution is 7.89. The van der Waals surface area contributed by atoms with Gasteiger partial charge in [0.2, 0.25) is 10.0 Å². The van der Waals surface area contributed by atoms with Crippen molar-refractivity contribution in [3.63, 3.8) is 0 Å². The average molecular weight is 368 g/mol. The van der Waals surface area contributed by atoms with Gasteiger partial charge in [0, 0.05) is 18.7 Å². The molecule has 2 N–H and O–H groups in total. The van der Waals surface area contributed by atoms with Crippen molar-refractivity contribution in [2.45, 2.75) is 44.2 Å². The van der Waals surface area contributed by atoms with Crippen LogP contribution >= 0.6 is 0 Å². The van der Waals surface area contributed by atoms with Gasteiger partial charge in [0.1, 0.15) is 6.04 Å². The number of carbonyl (C=O) groups is 2. The van der Waals surface area contributed by atoms with E-state index in [1.54, 1.807) is 32.9 Å². The minimum atomic E-state index is -3.63. The lowest BCUT2D eigenvalue weighted by molar-refractivity contribution is -0.139. The SMILES string of the molecule is C/C=C/CC(NC(=O)c1ccc(S(=O)(=O)N(C)C(C)C)cc1)C(=O)O. The number of rotatable bonds is 8. The molecule has 0 aliphatic rings. The summed E-state index contributed by atoms with van der Waals surface area (Å²) >= 11 is 0. The van der Waals surface area contributed by atoms with Crippen LogP contribution in [0.25, 0.3) is 0 Å². The Kier molecular flexibility index (Phi) is 7.32. The predicted octanol–water partition coefficient (Wildman–Crippen LogP) is 1.86. The first kappa shape index (κ1) is 20.9. The average Bonchev–Trinajstić information content (AvgIpc) is 2.57. The number of carboxylic acid groups (broad SMARTS) is 1. The molecule has 25 heavy (non-hydrogen) atoms. The molecule has 1 aromatic rings. The lowest BCUT2D eigenvalue weighted by Gasteiger charge is -2.21. The second-order valence-electron chi connectivity index (χ2n) is 5.81. The molecule has 1 amide bonds. The van der Waals surface area contributed by atoms with E-state index in [2.05, 4.69) is 5.32 Å². The van der Waals surface area contributed by atoms with E-state index in [-0.39, 0.29) is 22.9 Å². The van der Waals surface area contributed by atoms with Gasteiger partial charge in [0.05, 0.1) is 4.90 Å². The Bertz CT molecular complexity index is 739. The van der Waals surface area contributed by atoms with Gasteiger partial charge in [-0.05, 0) is 51.5 Å². The van der Waals surface area contributed by atoms with Crippen molar-refractivity contribution >= 4 is 21.9 Å². The van der Waals surface area contributed by atoms with Crippen molar-refractivity contribution < 1.29 is 23.1 Å². The Morgan fingerprint density at radius 3 is 2.24 bits per heavy atom. The standard InChI is InChI=1S/C17H24N2O5S/c1-5-6-7-15(17(21)22)18-16(20)13-8-10-14(11-9-13)25(23,24)19(4)12(2)3/h5-6,8-12,15H,7H2,1-4H3,(H,18,20)(H,21,22)/b6-5+. The summed E-state index contributed by atoms with van der Waals surface area (Å²) in [5.41, 5.74) is 0.192. The fourth-order valence-electron chi connectivity index (χ4n) is 1.96. The molecule has 7 nitrogen and oxygen atoms in total. The van der Waals surface area contributed by atoms with Gasteiger partial charge < -0.3 is 10.4 Å². The Labute approximate surface area is 148 Å². The lowest BCUT2D eigenvalue weighted by atomic mass is 10.1. The Morgan fingerprint density at radius 2 is 1.80 bits per heavy atom. The number of hydrogen-bond donors (Lipinski definition) is 2. The second-order valence-corrected chi connectivity index (χ2v) is 7.81. The second kappa shape index (κ2) is 8.77. The predicted molar refractivity (Wildman–Crippen MR) is 94.8 cm³/mol. The first-order valence-corrected chi connectivity index (χ1v) is 9.28. The largest absolute Gasteiger partial charge is 0.480 e. The van der Waals surface area contributed by atoms with E-state index < -0.39 is 27.9 Å². The third kappa shape index (κ3) is 5.40. The Morgan fingerprint density at radius 1 is 1.24 bits per heavy atom. The van der Waals surface area contributed by atoms with E-state index in [1.165, 1.54) is 35.6 Å². The number of aliphatic carboxylic acids is 1. The molecule has 0 aromatic heterocycles. The van der Waals surface area contributed by atoms with Crippen LogP contribution in [0.4, 0.5) is 0 Å². The van der Waals surface area contributed by atoms with E-state index in [0.717, 1.165) is 0 Å². The van der Waals surface area contributed by atoms with Crippen LogP contribution in [-0.4, -0.2) is 48.8 Å². The molecule has 0 saturated carbocycles. The molecule has 0 heterocycles. The summed E-state index contributed by atoms with van der Waals surface area (Å²) in [4.78, 5) is 23.4. The van der Waals surface area contributed by atoms with Crippen molar-refractivity contribution in [1.29, 1.82) is 0 Å². The minimum absolute atomic E-state index is 0.0731. The molecule has 0 aliphatic carbocycles. The number of hydrogen-bond acceptors (Lipinski definition) is 4. The molecule has 0 spiro atoms. The van der Waals surface area contributed by atoms with Crippen molar-refractivity contribution in [2.24, 2.45) is 0 Å². The highest BCUT2D eigenvalue weighted by Crippen LogP contribution is 2.17. The molecule has 1 aromatic carbocycles. The molecule has 0 radical (unpaired) electrons. The van der Waals surface area contributed by atoms with Crippen LogP contribution in [0.5, 0.6) is 0 Å². The summed E-state index contributed by atoms with van der Waals surface area (Å²) in [7, 11) is -2.15. The molecule has 0 aliphatic heterocycles. The summed E-state index contributed by atoms with van der Waals surface area (Å²) < 4.78 is 26.0. The topological polar surface area (TPSA) is 104 Å². The quantitative estimate of drug-likeness (QED) is 0.682. The highest BCUT2D eigenvalue weighted by Gasteiger charge is 2.24. The van der Waals surface area contributed by atoms with E-state index >= 15 is 0 Å². The van der Waals surface area contributed by atoms with Gasteiger partial charge in [-0.1, -0.05) is 12.2 Å². The number of carbonyl (C=O) groups excluding carboxylic acids is 1. The zero-order valence-electron chi connectivity index (χ0n) is 14.8. The molecule has 1 unspecified atom stereocenters. The summed E-state index contributed by atoms with van der Waals surface area (Å²) in [6.45, 7) is 5.28. The molecular weight excluding hydrogens is 344 g/mol. The van der Waals surface area contributed by atoms with Crippen LogP contribution < -0.4 is 5.32 Å². The van der Waals surface area contributed by atoms with Gasteiger partial charge in [-0.2, -0.15) is 4.31 Å². The zero-order valence-corrected chi connectivity index (χ0v) is 15.6. The first-order valence-electron chi connectivity index (χ1n) is 7.84. The maximum atomic E-state index is 12.4. The van der Waals surface area contributed by atoms with Crippen LogP contribution in [0.3, 0.4) is 0 Å². The van der Waals surface area contributed by atoms with Gasteiger partial charge in [0.15, 0.2) is 0 Å². The van der Waals surface area contributed by atoms with Gasteiger partial charge in [-0.15, -0.1) is 0 Å². The van der Waals surface area contributed by atoms with E-state index in [1.807, 2.05) is 0 Å². The third-order valence-corrected chi connectivity index (χ3v) is 5.78. The number of carboxylic acids is 1. The number of benzene rings is 1. The fourth-order valence-corrected chi connectivity index (χ4v) is 3.32. The van der Waals surface area contributed by atoms with Gasteiger partial charge in [-0.25, -0.2) is 13.2 Å². The molecule has 138 valence electrons. The summed E-state index contributed by atoms with van der Waals surface area (Å²) in [6, 6.07) is 4.17. The molecule has 0 fully saturated rings. The first-order chi connectivity index (χ1) is 11.6. The van der Waals surface area contributed by atoms with Crippen LogP contribution in [0, 0.1) is 0 Å². The third-order valence-electron chi connectivity index (χ3n) is 3.73. The Balaban J connectivity index is 2.95. The van der Waals surface area contributed by atoms with Crippen molar-refractivity contribution in [2.75, 3.05) is 7.05 Å². The molecule has 8 heteroatoms. The number of nitrogens with zero attached hydrogens (tertiary/aromatic N) is 1. The van der Waals surface area contributed by atoms with Crippen molar-refractivity contribution in [3.05, 3.63) is 42.0 Å². The maximum Gasteiger partial charge on any atom is 0.326 e. The maximum absolute atomic E-state index is 12.4. The molecule has 0 bridgehead atoms. The minimum Gasteiger partial charge on any atom is -0.480 e. The normalized spacial score (nSPS) is 13.4. The van der Waals surface area contributed by atoms with E-state index in [0.29, 0.717) is 0 Å². The van der Waals surface area contributed by atoms with Gasteiger partial charge >= 0.3 is 5.97 Å². The van der Waals surface area contributed by atoms with E-state index in [9.17, 15) is 18.0 Å². The van der Waals surface area contributed by atoms with Crippen molar-refractivity contribution in [3.8, 4) is 0 Å². The number of nitrogens with one attached hydrogen (secondary N) is 1. The van der Waals surface area contributed by atoms with Crippen molar-refractivity contribution in [1.82, 2.24) is 9.62 Å². The summed E-state index contributed by atoms with van der Waals surface area (Å²) in [5, 5.41) is 11.5. The van der Waals surface area contributed by atoms with Crippen LogP contribution in [-0.2, 0) is 14.8 Å². The Hall–Kier alpha value is -2.19. The number of amides is 1. The van der Waals surface area contributed by atoms with Gasteiger partial charge in [-0.3, -0.25) is 4.79 Å². The monoisotopic (exact) mass is 368 g/mol. The van der Waals surface area contributed by atoms with E-state index in [4.69, 9.17) is 5.11 Å². The summed E-state index contributed by atoms with van der Waals surface area (Å²) in [5.74, 6) is -1.71. The molecular formula is C17H24N2O5S. The van der Waals surface area contributed by atoms with Gasteiger partial charge in [0.25, 0.3) is 5.91 Å². The number of allylic oxidation sites excluding steroid dienone is 1. The molecule has 0 saturated heterocycles. The smallest absolute Gasteiger partial charge is 0.326 e. The highest BCUT2D eigenvalue weighted by atomic mass is 32.2. The van der Waals surface area contributed by atoms with Crippen LogP contribution in [0.15, 0.2) is 41.3 Å². The van der Waals surface area contributed by atoms with Crippen LogP contribution in [0.1, 0.15) is 37.6 Å². The zero-order chi connectivity index (χ0) is 19.2. The van der Waals surface area contributed by atoms with Crippen LogP contribution in [0.2, 0.25) is 0 Å². The number of sulfonamides is 1. The molecule has 1 rings (SSSR count). The fraction of sp³-hybridized carbons (Fsp3) is 0.412. The summed E-state index contributed by atoms with van der Waals surface area (Å²) in [6.07, 6.45) is 3.52. The molecule has 1 atom stereocenters.